The number of halogens is 1. The third-order valence-electron chi connectivity index (χ3n) is 3.06. The second-order valence-corrected chi connectivity index (χ2v) is 5.52. The Balaban J connectivity index is 1.93. The number of likely N-dealkylation sites (tertiary alicyclic amines) is 1. The maximum absolute atomic E-state index is 3.47. The fraction of sp³-hybridized carbons (Fsp3) is 0.538. The summed E-state index contributed by atoms with van der Waals surface area (Å²) in [5.74, 6) is 0.870. The Hall–Kier alpha value is -0.340. The van der Waals surface area contributed by atoms with Gasteiger partial charge in [0, 0.05) is 17.6 Å². The van der Waals surface area contributed by atoms with Gasteiger partial charge in [-0.05, 0) is 43.0 Å². The molecular weight excluding hydrogens is 250 g/mol. The molecule has 1 aliphatic rings. The molecule has 0 unspecified atom stereocenters. The van der Waals surface area contributed by atoms with E-state index in [1.165, 1.54) is 36.0 Å². The summed E-state index contributed by atoms with van der Waals surface area (Å²) in [6, 6.07) is 8.68. The second-order valence-electron chi connectivity index (χ2n) is 4.61. The molecule has 1 aliphatic heterocycles. The van der Waals surface area contributed by atoms with E-state index in [1.807, 2.05) is 0 Å². The van der Waals surface area contributed by atoms with Crippen molar-refractivity contribution in [3.05, 3.63) is 34.3 Å². The number of rotatable bonds is 2. The summed E-state index contributed by atoms with van der Waals surface area (Å²) in [5, 5.41) is 0. The lowest BCUT2D eigenvalue weighted by Gasteiger charge is -2.30. The molecule has 0 radical (unpaired) electrons. The van der Waals surface area contributed by atoms with Gasteiger partial charge in [0.2, 0.25) is 0 Å². The molecule has 0 aliphatic carbocycles. The molecule has 1 heterocycles. The Labute approximate surface area is 101 Å². The van der Waals surface area contributed by atoms with Crippen LogP contribution in [0.4, 0.5) is 0 Å². The van der Waals surface area contributed by atoms with Crippen molar-refractivity contribution in [3.63, 3.8) is 0 Å². The van der Waals surface area contributed by atoms with Crippen molar-refractivity contribution >= 4 is 15.9 Å². The Kier molecular flexibility index (Phi) is 3.81. The number of hydrogen-bond donors (Lipinski definition) is 0. The van der Waals surface area contributed by atoms with E-state index in [0.29, 0.717) is 0 Å². The van der Waals surface area contributed by atoms with Gasteiger partial charge in [-0.1, -0.05) is 35.0 Å². The number of piperidine rings is 1. The van der Waals surface area contributed by atoms with Gasteiger partial charge in [0.15, 0.2) is 0 Å². The average Bonchev–Trinajstić information content (AvgIpc) is 2.22. The Morgan fingerprint density at radius 3 is 2.73 bits per heavy atom. The highest BCUT2D eigenvalue weighted by molar-refractivity contribution is 9.10. The van der Waals surface area contributed by atoms with Crippen LogP contribution in [0.1, 0.15) is 25.3 Å². The van der Waals surface area contributed by atoms with Gasteiger partial charge in [-0.15, -0.1) is 0 Å². The molecule has 1 aromatic carbocycles. The minimum Gasteiger partial charge on any atom is -0.299 e. The van der Waals surface area contributed by atoms with Crippen LogP contribution < -0.4 is 0 Å². The highest BCUT2D eigenvalue weighted by Gasteiger charge is 2.15. The zero-order chi connectivity index (χ0) is 10.7. The number of nitrogens with zero attached hydrogens (tertiary/aromatic N) is 1. The lowest BCUT2D eigenvalue weighted by Crippen LogP contribution is -2.33. The van der Waals surface area contributed by atoms with Crippen LogP contribution in [0.5, 0.6) is 0 Å². The first kappa shape index (κ1) is 11.2. The van der Waals surface area contributed by atoms with Crippen LogP contribution in [0, 0.1) is 5.92 Å². The molecule has 0 aromatic heterocycles. The van der Waals surface area contributed by atoms with Gasteiger partial charge in [-0.2, -0.15) is 0 Å². The molecule has 2 rings (SSSR count). The molecule has 15 heavy (non-hydrogen) atoms. The van der Waals surface area contributed by atoms with Gasteiger partial charge in [0.25, 0.3) is 0 Å². The molecule has 0 saturated carbocycles. The highest BCUT2D eigenvalue weighted by Crippen LogP contribution is 2.18. The van der Waals surface area contributed by atoms with E-state index in [-0.39, 0.29) is 0 Å². The first-order valence-electron chi connectivity index (χ1n) is 5.71. The fourth-order valence-electron chi connectivity index (χ4n) is 2.28. The SMILES string of the molecule is C[C@H]1CCCN(Cc2ccc(Br)cc2)C1. The van der Waals surface area contributed by atoms with E-state index in [1.54, 1.807) is 0 Å². The van der Waals surface area contributed by atoms with Crippen LogP contribution in [0.25, 0.3) is 0 Å². The van der Waals surface area contributed by atoms with Gasteiger partial charge < -0.3 is 0 Å². The molecular formula is C13H18BrN. The maximum Gasteiger partial charge on any atom is 0.0233 e. The van der Waals surface area contributed by atoms with E-state index >= 15 is 0 Å². The molecule has 1 atom stereocenters. The van der Waals surface area contributed by atoms with Crippen molar-refractivity contribution in [2.75, 3.05) is 13.1 Å². The molecule has 0 N–H and O–H groups in total. The lowest BCUT2D eigenvalue weighted by molar-refractivity contribution is 0.176. The fourth-order valence-corrected chi connectivity index (χ4v) is 2.54. The summed E-state index contributed by atoms with van der Waals surface area (Å²) in [5.41, 5.74) is 1.42. The first-order valence-corrected chi connectivity index (χ1v) is 6.50. The number of hydrogen-bond acceptors (Lipinski definition) is 1. The van der Waals surface area contributed by atoms with Gasteiger partial charge >= 0.3 is 0 Å². The van der Waals surface area contributed by atoms with Crippen LogP contribution in [-0.4, -0.2) is 18.0 Å². The van der Waals surface area contributed by atoms with E-state index < -0.39 is 0 Å². The van der Waals surface area contributed by atoms with Crippen LogP contribution >= 0.6 is 15.9 Å². The van der Waals surface area contributed by atoms with Crippen LogP contribution in [-0.2, 0) is 6.54 Å². The van der Waals surface area contributed by atoms with Crippen molar-refractivity contribution in [1.29, 1.82) is 0 Å². The van der Waals surface area contributed by atoms with Crippen LogP contribution in [0.2, 0.25) is 0 Å². The van der Waals surface area contributed by atoms with Crippen molar-refractivity contribution in [1.82, 2.24) is 4.90 Å². The molecule has 1 nitrogen and oxygen atoms in total. The largest absolute Gasteiger partial charge is 0.299 e. The standard InChI is InChI=1S/C13H18BrN/c1-11-3-2-8-15(9-11)10-12-4-6-13(14)7-5-12/h4-7,11H,2-3,8-10H2,1H3/t11-/m0/s1. The summed E-state index contributed by atoms with van der Waals surface area (Å²) in [6.07, 6.45) is 2.76. The number of benzene rings is 1. The molecule has 0 spiro atoms. The lowest BCUT2D eigenvalue weighted by atomic mass is 10.00. The normalized spacial score (nSPS) is 22.9. The zero-order valence-electron chi connectivity index (χ0n) is 9.25. The van der Waals surface area contributed by atoms with Gasteiger partial charge in [-0.25, -0.2) is 0 Å². The van der Waals surface area contributed by atoms with Crippen LogP contribution in [0.15, 0.2) is 28.7 Å². The second kappa shape index (κ2) is 5.13. The van der Waals surface area contributed by atoms with Crippen molar-refractivity contribution in [2.45, 2.75) is 26.3 Å². The van der Waals surface area contributed by atoms with Crippen molar-refractivity contribution < 1.29 is 0 Å². The quantitative estimate of drug-likeness (QED) is 0.790. The zero-order valence-corrected chi connectivity index (χ0v) is 10.8. The van der Waals surface area contributed by atoms with E-state index in [0.717, 1.165) is 12.5 Å². The summed E-state index contributed by atoms with van der Waals surface area (Å²) in [4.78, 5) is 2.57. The molecule has 0 bridgehead atoms. The van der Waals surface area contributed by atoms with Crippen molar-refractivity contribution in [2.24, 2.45) is 5.92 Å². The minimum absolute atomic E-state index is 0.870. The summed E-state index contributed by atoms with van der Waals surface area (Å²) < 4.78 is 1.17. The molecule has 1 aromatic rings. The highest BCUT2D eigenvalue weighted by atomic mass is 79.9. The minimum atomic E-state index is 0.870. The van der Waals surface area contributed by atoms with Gasteiger partial charge in [-0.3, -0.25) is 4.90 Å². The predicted molar refractivity (Wildman–Crippen MR) is 67.8 cm³/mol. The van der Waals surface area contributed by atoms with Crippen LogP contribution in [0.3, 0.4) is 0 Å². The monoisotopic (exact) mass is 267 g/mol. The van der Waals surface area contributed by atoms with Gasteiger partial charge in [0.05, 0.1) is 0 Å². The third-order valence-corrected chi connectivity index (χ3v) is 3.59. The topological polar surface area (TPSA) is 3.24 Å². The average molecular weight is 268 g/mol. The molecule has 0 amide bonds. The van der Waals surface area contributed by atoms with E-state index in [9.17, 15) is 0 Å². The molecule has 1 fully saturated rings. The Morgan fingerprint density at radius 2 is 2.07 bits per heavy atom. The van der Waals surface area contributed by atoms with E-state index in [2.05, 4.69) is 52.0 Å². The van der Waals surface area contributed by atoms with Gasteiger partial charge in [0.1, 0.15) is 0 Å². The third kappa shape index (κ3) is 3.32. The summed E-state index contributed by atoms with van der Waals surface area (Å²) in [7, 11) is 0. The Bertz CT molecular complexity index is 307. The van der Waals surface area contributed by atoms with E-state index in [4.69, 9.17) is 0 Å². The predicted octanol–water partition coefficient (Wildman–Crippen LogP) is 3.68. The molecule has 2 heteroatoms. The smallest absolute Gasteiger partial charge is 0.0233 e. The summed E-state index contributed by atoms with van der Waals surface area (Å²) in [6.45, 7) is 5.99. The summed E-state index contributed by atoms with van der Waals surface area (Å²) >= 11 is 3.47. The Morgan fingerprint density at radius 1 is 1.33 bits per heavy atom. The molecule has 82 valence electrons. The molecule has 1 saturated heterocycles. The van der Waals surface area contributed by atoms with Crippen molar-refractivity contribution in [3.8, 4) is 0 Å². The first-order chi connectivity index (χ1) is 7.24. The maximum atomic E-state index is 3.47.